The summed E-state index contributed by atoms with van der Waals surface area (Å²) in [6, 6.07) is 9.57. The molecule has 2 N–H and O–H groups in total. The molecule has 2 aromatic rings. The minimum atomic E-state index is -0.786. The number of benzene rings is 2. The molecule has 0 aromatic heterocycles. The van der Waals surface area contributed by atoms with Crippen LogP contribution in [0.25, 0.3) is 0 Å². The smallest absolute Gasteiger partial charge is 0.258 e. The second-order valence-corrected chi connectivity index (χ2v) is 4.06. The van der Waals surface area contributed by atoms with Gasteiger partial charge in [-0.2, -0.15) is 0 Å². The van der Waals surface area contributed by atoms with Gasteiger partial charge in [-0.3, -0.25) is 4.79 Å². The van der Waals surface area contributed by atoms with Crippen molar-refractivity contribution in [3.05, 3.63) is 59.7 Å². The Kier molecular flexibility index (Phi) is 3.46. The number of rotatable bonds is 2. The van der Waals surface area contributed by atoms with Gasteiger partial charge in [-0.05, 0) is 36.4 Å². The summed E-state index contributed by atoms with van der Waals surface area (Å²) in [6.07, 6.45) is 0. The second-order valence-electron chi connectivity index (χ2n) is 4.06. The van der Waals surface area contributed by atoms with Crippen LogP contribution in [0.1, 0.15) is 10.4 Å². The van der Waals surface area contributed by atoms with Crippen LogP contribution in [0.2, 0.25) is 0 Å². The molecule has 0 spiro atoms. The highest BCUT2D eigenvalue weighted by Crippen LogP contribution is 2.23. The number of para-hydroxylation sites is 1. The van der Waals surface area contributed by atoms with Gasteiger partial charge in [0.05, 0.1) is 0 Å². The summed E-state index contributed by atoms with van der Waals surface area (Å²) in [5.41, 5.74) is 5.96. The van der Waals surface area contributed by atoms with Crippen molar-refractivity contribution < 1.29 is 13.6 Å². The summed E-state index contributed by atoms with van der Waals surface area (Å²) in [5, 5.41) is 0. The zero-order valence-corrected chi connectivity index (χ0v) is 10.2. The minimum absolute atomic E-state index is 0.305. The molecule has 0 atom stereocenters. The number of hydrogen-bond donors (Lipinski definition) is 1. The van der Waals surface area contributed by atoms with Crippen LogP contribution in [0.3, 0.4) is 0 Å². The van der Waals surface area contributed by atoms with Gasteiger partial charge < -0.3 is 10.6 Å². The SMILES string of the molecule is CN(C(=O)c1ccc(N)cc1)c1c(F)cccc1F. The Morgan fingerprint density at radius 1 is 1.05 bits per heavy atom. The Hall–Kier alpha value is -2.43. The standard InChI is InChI=1S/C14H12F2N2O/c1-18(13-11(15)3-2-4-12(13)16)14(19)9-5-7-10(17)8-6-9/h2-8H,17H2,1H3. The molecule has 0 saturated carbocycles. The topological polar surface area (TPSA) is 46.3 Å². The second kappa shape index (κ2) is 5.06. The Labute approximate surface area is 109 Å². The normalized spacial score (nSPS) is 10.3. The first-order chi connectivity index (χ1) is 9.00. The summed E-state index contributed by atoms with van der Waals surface area (Å²) in [4.78, 5) is 13.1. The van der Waals surface area contributed by atoms with E-state index in [1.165, 1.54) is 25.2 Å². The van der Waals surface area contributed by atoms with Crippen molar-refractivity contribution in [1.29, 1.82) is 0 Å². The highest BCUT2D eigenvalue weighted by molar-refractivity contribution is 6.06. The largest absolute Gasteiger partial charge is 0.399 e. The molecule has 19 heavy (non-hydrogen) atoms. The fourth-order valence-corrected chi connectivity index (χ4v) is 1.73. The van der Waals surface area contributed by atoms with Crippen LogP contribution >= 0.6 is 0 Å². The van der Waals surface area contributed by atoms with Crippen molar-refractivity contribution in [2.45, 2.75) is 0 Å². The first-order valence-corrected chi connectivity index (χ1v) is 5.58. The maximum absolute atomic E-state index is 13.6. The van der Waals surface area contributed by atoms with E-state index in [1.807, 2.05) is 0 Å². The number of nitrogens with zero attached hydrogens (tertiary/aromatic N) is 1. The Morgan fingerprint density at radius 3 is 2.11 bits per heavy atom. The zero-order chi connectivity index (χ0) is 14.0. The van der Waals surface area contributed by atoms with E-state index in [0.29, 0.717) is 11.3 Å². The minimum Gasteiger partial charge on any atom is -0.399 e. The van der Waals surface area contributed by atoms with Crippen molar-refractivity contribution in [2.75, 3.05) is 17.7 Å². The van der Waals surface area contributed by atoms with E-state index >= 15 is 0 Å². The predicted molar refractivity (Wildman–Crippen MR) is 69.9 cm³/mol. The number of carbonyl (C=O) groups excluding carboxylic acids is 1. The Balaban J connectivity index is 2.36. The van der Waals surface area contributed by atoms with Gasteiger partial charge in [-0.25, -0.2) is 8.78 Å². The average Bonchev–Trinajstić information content (AvgIpc) is 2.38. The maximum atomic E-state index is 13.6. The lowest BCUT2D eigenvalue weighted by Gasteiger charge is -2.18. The number of nitrogens with two attached hydrogens (primary N) is 1. The molecule has 0 aliphatic rings. The van der Waals surface area contributed by atoms with Crippen LogP contribution in [0.15, 0.2) is 42.5 Å². The summed E-state index contributed by atoms with van der Waals surface area (Å²) in [5.74, 6) is -2.08. The van der Waals surface area contributed by atoms with Crippen LogP contribution in [-0.4, -0.2) is 13.0 Å². The Bertz CT molecular complexity index is 591. The van der Waals surface area contributed by atoms with Crippen LogP contribution in [0.4, 0.5) is 20.2 Å². The number of carbonyl (C=O) groups is 1. The summed E-state index contributed by atoms with van der Waals surface area (Å²) in [7, 11) is 1.32. The van der Waals surface area contributed by atoms with Crippen LogP contribution in [-0.2, 0) is 0 Å². The summed E-state index contributed by atoms with van der Waals surface area (Å²) in [6.45, 7) is 0. The Morgan fingerprint density at radius 2 is 1.58 bits per heavy atom. The molecular formula is C14H12F2N2O. The molecule has 2 aromatic carbocycles. The molecular weight excluding hydrogens is 250 g/mol. The third-order valence-corrected chi connectivity index (χ3v) is 2.74. The van der Waals surface area contributed by atoms with Crippen molar-refractivity contribution in [3.8, 4) is 0 Å². The van der Waals surface area contributed by atoms with E-state index in [2.05, 4.69) is 0 Å². The fourth-order valence-electron chi connectivity index (χ4n) is 1.73. The molecule has 0 fully saturated rings. The summed E-state index contributed by atoms with van der Waals surface area (Å²) < 4.78 is 27.2. The predicted octanol–water partition coefficient (Wildman–Crippen LogP) is 2.82. The van der Waals surface area contributed by atoms with E-state index in [9.17, 15) is 13.6 Å². The van der Waals surface area contributed by atoms with Gasteiger partial charge in [-0.1, -0.05) is 6.07 Å². The van der Waals surface area contributed by atoms with Crippen LogP contribution in [0.5, 0.6) is 0 Å². The van der Waals surface area contributed by atoms with Gasteiger partial charge in [0, 0.05) is 18.3 Å². The quantitative estimate of drug-likeness (QED) is 0.846. The maximum Gasteiger partial charge on any atom is 0.258 e. The van der Waals surface area contributed by atoms with Crippen molar-refractivity contribution in [3.63, 3.8) is 0 Å². The fraction of sp³-hybridized carbons (Fsp3) is 0.0714. The van der Waals surface area contributed by atoms with E-state index in [4.69, 9.17) is 5.73 Å². The first-order valence-electron chi connectivity index (χ1n) is 5.58. The third-order valence-electron chi connectivity index (χ3n) is 2.74. The highest BCUT2D eigenvalue weighted by atomic mass is 19.1. The number of nitrogen functional groups attached to an aromatic ring is 1. The van der Waals surface area contributed by atoms with E-state index < -0.39 is 17.5 Å². The first kappa shape index (κ1) is 13.0. The van der Waals surface area contributed by atoms with Gasteiger partial charge in [0.2, 0.25) is 0 Å². The number of anilines is 2. The third kappa shape index (κ3) is 2.54. The number of halogens is 2. The van der Waals surface area contributed by atoms with E-state index in [1.54, 1.807) is 12.1 Å². The molecule has 0 saturated heterocycles. The molecule has 0 aliphatic heterocycles. The van der Waals surface area contributed by atoms with Crippen molar-refractivity contribution in [2.24, 2.45) is 0 Å². The van der Waals surface area contributed by atoms with Crippen molar-refractivity contribution >= 4 is 17.3 Å². The van der Waals surface area contributed by atoms with Crippen LogP contribution < -0.4 is 10.6 Å². The lowest BCUT2D eigenvalue weighted by atomic mass is 10.1. The lowest BCUT2D eigenvalue weighted by molar-refractivity contribution is 0.0991. The molecule has 0 bridgehead atoms. The van der Waals surface area contributed by atoms with Gasteiger partial charge >= 0.3 is 0 Å². The highest BCUT2D eigenvalue weighted by Gasteiger charge is 2.20. The molecule has 0 radical (unpaired) electrons. The number of amides is 1. The molecule has 0 unspecified atom stereocenters. The van der Waals surface area contributed by atoms with Crippen LogP contribution in [0, 0.1) is 11.6 Å². The van der Waals surface area contributed by atoms with E-state index in [0.717, 1.165) is 17.0 Å². The lowest BCUT2D eigenvalue weighted by Crippen LogP contribution is -2.28. The summed E-state index contributed by atoms with van der Waals surface area (Å²) >= 11 is 0. The zero-order valence-electron chi connectivity index (χ0n) is 10.2. The molecule has 3 nitrogen and oxygen atoms in total. The van der Waals surface area contributed by atoms with Gasteiger partial charge in [-0.15, -0.1) is 0 Å². The molecule has 98 valence electrons. The monoisotopic (exact) mass is 262 g/mol. The van der Waals surface area contributed by atoms with E-state index in [-0.39, 0.29) is 5.69 Å². The molecule has 1 amide bonds. The molecule has 0 heterocycles. The number of hydrogen-bond acceptors (Lipinski definition) is 2. The van der Waals surface area contributed by atoms with Gasteiger partial charge in [0.1, 0.15) is 17.3 Å². The molecule has 2 rings (SSSR count). The van der Waals surface area contributed by atoms with Gasteiger partial charge in [0.15, 0.2) is 0 Å². The van der Waals surface area contributed by atoms with Gasteiger partial charge in [0.25, 0.3) is 5.91 Å². The average molecular weight is 262 g/mol. The van der Waals surface area contributed by atoms with Crippen molar-refractivity contribution in [1.82, 2.24) is 0 Å². The molecule has 5 heteroatoms. The molecule has 0 aliphatic carbocycles.